The average molecular weight is 230 g/mol. The van der Waals surface area contributed by atoms with E-state index in [0.29, 0.717) is 0 Å². The lowest BCUT2D eigenvalue weighted by Crippen LogP contribution is -2.09. The molecule has 0 bridgehead atoms. The van der Waals surface area contributed by atoms with Gasteiger partial charge in [0.1, 0.15) is 0 Å². The van der Waals surface area contributed by atoms with Gasteiger partial charge in [-0.25, -0.2) is 0 Å². The Labute approximate surface area is 77.1 Å². The molecular weight excluding hydrogens is 219 g/mol. The van der Waals surface area contributed by atoms with Gasteiger partial charge in [0.05, 0.1) is 6.26 Å². The Hall–Kier alpha value is -0.360. The first-order chi connectivity index (χ1) is 5.89. The molecule has 0 amide bonds. The molecule has 0 spiro atoms. The molecular formula is C5H11O6PS. The van der Waals surface area contributed by atoms with Crippen LogP contribution in [0.25, 0.3) is 0 Å². The third-order valence-electron chi connectivity index (χ3n) is 1.09. The summed E-state index contributed by atoms with van der Waals surface area (Å²) in [5.41, 5.74) is -0.834. The summed E-state index contributed by atoms with van der Waals surface area (Å²) in [5, 5.41) is 0. The van der Waals surface area contributed by atoms with Gasteiger partial charge >= 0.3 is 17.7 Å². The summed E-state index contributed by atoms with van der Waals surface area (Å²) in [6.07, 6.45) is 0.727. The van der Waals surface area contributed by atoms with Crippen LogP contribution in [-0.4, -0.2) is 28.1 Å². The van der Waals surface area contributed by atoms with Gasteiger partial charge in [-0.1, -0.05) is 6.58 Å². The number of hydrogen-bond donors (Lipinski definition) is 0. The summed E-state index contributed by atoms with van der Waals surface area (Å²) in [6.45, 7) is 3.05. The van der Waals surface area contributed by atoms with E-state index in [1.165, 1.54) is 0 Å². The van der Waals surface area contributed by atoms with Crippen molar-refractivity contribution in [3.63, 3.8) is 0 Å². The highest BCUT2D eigenvalue weighted by Crippen LogP contribution is 2.47. The molecule has 0 aromatic carbocycles. The maximum absolute atomic E-state index is 11.3. The normalized spacial score (nSPS) is 12.5. The fourth-order valence-electron chi connectivity index (χ4n) is 0.508. The third kappa shape index (κ3) is 4.42. The quantitative estimate of drug-likeness (QED) is 0.383. The third-order valence-corrected chi connectivity index (χ3v) is 5.16. The van der Waals surface area contributed by atoms with Gasteiger partial charge in [0.25, 0.3) is 0 Å². The van der Waals surface area contributed by atoms with Crippen molar-refractivity contribution in [1.29, 1.82) is 0 Å². The van der Waals surface area contributed by atoms with Crippen molar-refractivity contribution in [3.8, 4) is 0 Å². The maximum atomic E-state index is 11.3. The van der Waals surface area contributed by atoms with Gasteiger partial charge in [-0.15, -0.1) is 0 Å². The molecule has 0 atom stereocenters. The summed E-state index contributed by atoms with van der Waals surface area (Å²) in [5.74, 6) is 0. The number of rotatable bonds is 6. The van der Waals surface area contributed by atoms with Crippen LogP contribution in [0.1, 0.15) is 0 Å². The summed E-state index contributed by atoms with van der Waals surface area (Å²) in [4.78, 5) is 0. The molecule has 8 heteroatoms. The highest BCUT2D eigenvalue weighted by molar-refractivity contribution is 7.93. The molecule has 0 aromatic rings. The molecule has 0 heterocycles. The topological polar surface area (TPSA) is 78.9 Å². The van der Waals surface area contributed by atoms with Crippen LogP contribution >= 0.6 is 7.60 Å². The van der Waals surface area contributed by atoms with Crippen LogP contribution in [0.4, 0.5) is 0 Å². The van der Waals surface area contributed by atoms with Crippen molar-refractivity contribution < 1.29 is 26.2 Å². The predicted molar refractivity (Wildman–Crippen MR) is 46.7 cm³/mol. The van der Waals surface area contributed by atoms with Crippen LogP contribution in [-0.2, 0) is 27.9 Å². The van der Waals surface area contributed by atoms with E-state index in [-0.39, 0.29) is 0 Å². The van der Waals surface area contributed by atoms with Crippen LogP contribution in [0.15, 0.2) is 12.8 Å². The lowest BCUT2D eigenvalue weighted by molar-refractivity contribution is 0.279. The van der Waals surface area contributed by atoms with Gasteiger partial charge in [-0.05, 0) is 0 Å². The smallest absolute Gasteiger partial charge is 0.348 e. The van der Waals surface area contributed by atoms with E-state index in [1.54, 1.807) is 0 Å². The molecule has 0 saturated carbocycles. The summed E-state index contributed by atoms with van der Waals surface area (Å²) in [6, 6.07) is 0. The Morgan fingerprint density at radius 1 is 1.38 bits per heavy atom. The van der Waals surface area contributed by atoms with E-state index in [1.807, 2.05) is 0 Å². The summed E-state index contributed by atoms with van der Waals surface area (Å²) < 4.78 is 46.1. The van der Waals surface area contributed by atoms with E-state index in [0.717, 1.165) is 20.5 Å². The molecule has 0 radical (unpaired) electrons. The average Bonchev–Trinajstić information content (AvgIpc) is 2.03. The van der Waals surface area contributed by atoms with Gasteiger partial charge < -0.3 is 13.2 Å². The van der Waals surface area contributed by atoms with E-state index >= 15 is 0 Å². The first-order valence-electron chi connectivity index (χ1n) is 3.11. The molecule has 0 unspecified atom stereocenters. The Bertz CT molecular complexity index is 299. The molecule has 0 aliphatic carbocycles. The van der Waals surface area contributed by atoms with Crippen LogP contribution in [0.5, 0.6) is 0 Å². The molecule has 0 aromatic heterocycles. The van der Waals surface area contributed by atoms with Gasteiger partial charge in [-0.3, -0.25) is 4.57 Å². The number of hydrogen-bond acceptors (Lipinski definition) is 6. The zero-order valence-electron chi connectivity index (χ0n) is 7.30. The van der Waals surface area contributed by atoms with E-state index < -0.39 is 23.2 Å². The minimum atomic E-state index is -3.94. The Balaban J connectivity index is 4.59. The minimum absolute atomic E-state index is 0.727. The maximum Gasteiger partial charge on any atom is 0.348 e. The molecule has 0 aliphatic heterocycles. The molecule has 6 nitrogen and oxygen atoms in total. The fraction of sp³-hybridized carbons (Fsp3) is 0.600. The summed E-state index contributed by atoms with van der Waals surface area (Å²) in [7, 11) is -5.36. The van der Waals surface area contributed by atoms with Crippen molar-refractivity contribution >= 4 is 17.7 Å². The fourth-order valence-corrected chi connectivity index (χ4v) is 3.50. The SMILES string of the molecule is C=COS(=O)(=O)CP(=O)(OC)OC. The van der Waals surface area contributed by atoms with Gasteiger partial charge in [-0.2, -0.15) is 8.42 Å². The van der Waals surface area contributed by atoms with E-state index in [2.05, 4.69) is 19.8 Å². The monoisotopic (exact) mass is 230 g/mol. The standard InChI is InChI=1S/C5H11O6PS/c1-4-11-13(7,8)5-12(6,9-2)10-3/h4H,1,5H2,2-3H3. The lowest BCUT2D eigenvalue weighted by Gasteiger charge is -2.12. The Morgan fingerprint density at radius 2 is 1.85 bits per heavy atom. The Kier molecular flexibility index (Phi) is 4.63. The minimum Gasteiger partial charge on any atom is -0.391 e. The zero-order valence-corrected chi connectivity index (χ0v) is 9.01. The second-order valence-corrected chi connectivity index (χ2v) is 6.22. The van der Waals surface area contributed by atoms with Crippen molar-refractivity contribution in [2.24, 2.45) is 0 Å². The first kappa shape index (κ1) is 12.6. The van der Waals surface area contributed by atoms with Crippen molar-refractivity contribution in [2.75, 3.05) is 19.7 Å². The van der Waals surface area contributed by atoms with E-state index in [4.69, 9.17) is 0 Å². The molecule has 0 saturated heterocycles. The van der Waals surface area contributed by atoms with Gasteiger partial charge in [0.2, 0.25) is 0 Å². The van der Waals surface area contributed by atoms with Crippen LogP contribution in [0.3, 0.4) is 0 Å². The first-order valence-corrected chi connectivity index (χ1v) is 6.42. The van der Waals surface area contributed by atoms with Crippen molar-refractivity contribution in [3.05, 3.63) is 12.8 Å². The van der Waals surface area contributed by atoms with E-state index in [9.17, 15) is 13.0 Å². The molecule has 0 N–H and O–H groups in total. The zero-order chi connectivity index (χ0) is 10.5. The largest absolute Gasteiger partial charge is 0.391 e. The molecule has 13 heavy (non-hydrogen) atoms. The molecule has 0 aliphatic rings. The highest BCUT2D eigenvalue weighted by Gasteiger charge is 2.30. The van der Waals surface area contributed by atoms with Crippen LogP contribution < -0.4 is 0 Å². The second kappa shape index (κ2) is 4.76. The van der Waals surface area contributed by atoms with Crippen LogP contribution in [0, 0.1) is 0 Å². The van der Waals surface area contributed by atoms with Gasteiger partial charge in [0.15, 0.2) is 5.49 Å². The molecule has 0 fully saturated rings. The summed E-state index contributed by atoms with van der Waals surface area (Å²) >= 11 is 0. The van der Waals surface area contributed by atoms with Crippen LogP contribution in [0.2, 0.25) is 0 Å². The second-order valence-electron chi connectivity index (χ2n) is 1.93. The lowest BCUT2D eigenvalue weighted by atomic mass is 11.2. The molecule has 78 valence electrons. The molecule has 0 rings (SSSR count). The van der Waals surface area contributed by atoms with Gasteiger partial charge in [0, 0.05) is 14.2 Å². The highest BCUT2D eigenvalue weighted by atomic mass is 32.2. The Morgan fingerprint density at radius 3 is 2.15 bits per heavy atom. The predicted octanol–water partition coefficient (Wildman–Crippen LogP) is 0.920. The van der Waals surface area contributed by atoms with Crippen molar-refractivity contribution in [1.82, 2.24) is 0 Å². The van der Waals surface area contributed by atoms with Crippen molar-refractivity contribution in [2.45, 2.75) is 0 Å².